The third-order valence-corrected chi connectivity index (χ3v) is 5.05. The predicted octanol–water partition coefficient (Wildman–Crippen LogP) is 2.78. The van der Waals surface area contributed by atoms with Crippen LogP contribution in [0.5, 0.6) is 5.75 Å². The first-order chi connectivity index (χ1) is 12.9. The van der Waals surface area contributed by atoms with E-state index in [1.54, 1.807) is 24.3 Å². The second-order valence-corrected chi connectivity index (χ2v) is 7.19. The van der Waals surface area contributed by atoms with Gasteiger partial charge in [-0.3, -0.25) is 9.59 Å². The summed E-state index contributed by atoms with van der Waals surface area (Å²) in [5.41, 5.74) is 6.27. The Labute approximate surface area is 156 Å². The molecular formula is C20H15NO5S. The summed E-state index contributed by atoms with van der Waals surface area (Å²) < 4.78 is 29.7. The molecule has 2 N–H and O–H groups in total. The van der Waals surface area contributed by atoms with Gasteiger partial charge in [0.2, 0.25) is 5.91 Å². The minimum atomic E-state index is -4.08. The molecular weight excluding hydrogens is 366 g/mol. The minimum absolute atomic E-state index is 0.0681. The molecule has 0 bridgehead atoms. The minimum Gasteiger partial charge on any atom is -0.379 e. The van der Waals surface area contributed by atoms with Gasteiger partial charge in [-0.1, -0.05) is 30.3 Å². The number of rotatable bonds is 6. The van der Waals surface area contributed by atoms with E-state index < -0.39 is 16.0 Å². The maximum absolute atomic E-state index is 12.4. The highest BCUT2D eigenvalue weighted by molar-refractivity contribution is 7.87. The molecule has 7 heteroatoms. The summed E-state index contributed by atoms with van der Waals surface area (Å²) in [5.74, 6) is -0.760. The molecule has 136 valence electrons. The molecule has 27 heavy (non-hydrogen) atoms. The van der Waals surface area contributed by atoms with Gasteiger partial charge in [0.25, 0.3) is 0 Å². The van der Waals surface area contributed by atoms with Gasteiger partial charge in [-0.2, -0.15) is 8.42 Å². The Balaban J connectivity index is 1.77. The monoisotopic (exact) mass is 381 g/mol. The third-order valence-electron chi connectivity index (χ3n) is 3.79. The summed E-state index contributed by atoms with van der Waals surface area (Å²) in [6.07, 6.45) is 0. The molecule has 0 aromatic heterocycles. The van der Waals surface area contributed by atoms with Gasteiger partial charge in [-0.15, -0.1) is 0 Å². The number of primary amides is 1. The van der Waals surface area contributed by atoms with Crippen molar-refractivity contribution in [1.29, 1.82) is 0 Å². The lowest BCUT2D eigenvalue weighted by Crippen LogP contribution is -2.13. The zero-order valence-corrected chi connectivity index (χ0v) is 14.8. The van der Waals surface area contributed by atoms with E-state index in [0.29, 0.717) is 11.1 Å². The Hall–Kier alpha value is -3.45. The zero-order chi connectivity index (χ0) is 19.4. The number of nitrogens with two attached hydrogens (primary N) is 1. The van der Waals surface area contributed by atoms with Crippen LogP contribution in [-0.4, -0.2) is 20.1 Å². The normalized spacial score (nSPS) is 11.0. The Morgan fingerprint density at radius 2 is 1.22 bits per heavy atom. The molecule has 0 unspecified atom stereocenters. The molecule has 0 aliphatic carbocycles. The number of hydrogen-bond acceptors (Lipinski definition) is 5. The molecule has 0 radical (unpaired) electrons. The van der Waals surface area contributed by atoms with E-state index >= 15 is 0 Å². The Bertz CT molecular complexity index is 1070. The van der Waals surface area contributed by atoms with Crippen LogP contribution in [0.25, 0.3) is 0 Å². The topological polar surface area (TPSA) is 104 Å². The average Bonchev–Trinajstić information content (AvgIpc) is 2.68. The van der Waals surface area contributed by atoms with Gasteiger partial charge in [0.1, 0.15) is 10.6 Å². The van der Waals surface area contributed by atoms with E-state index in [-0.39, 0.29) is 22.0 Å². The quantitative estimate of drug-likeness (QED) is 0.522. The van der Waals surface area contributed by atoms with Gasteiger partial charge < -0.3 is 9.92 Å². The maximum atomic E-state index is 12.4. The van der Waals surface area contributed by atoms with Crippen molar-refractivity contribution < 1.29 is 22.2 Å². The highest BCUT2D eigenvalue weighted by Crippen LogP contribution is 2.21. The summed E-state index contributed by atoms with van der Waals surface area (Å²) in [6, 6.07) is 19.6. The van der Waals surface area contributed by atoms with Crippen LogP contribution in [0.4, 0.5) is 0 Å². The van der Waals surface area contributed by atoms with Crippen LogP contribution >= 0.6 is 0 Å². The van der Waals surface area contributed by atoms with Crippen molar-refractivity contribution in [3.63, 3.8) is 0 Å². The van der Waals surface area contributed by atoms with Gasteiger partial charge in [0.15, 0.2) is 5.78 Å². The molecule has 0 saturated heterocycles. The first-order valence-corrected chi connectivity index (χ1v) is 9.32. The summed E-state index contributed by atoms with van der Waals surface area (Å²) in [7, 11) is -4.08. The average molecular weight is 381 g/mol. The first kappa shape index (κ1) is 18.3. The van der Waals surface area contributed by atoms with Crippen LogP contribution in [-0.2, 0) is 10.1 Å². The van der Waals surface area contributed by atoms with Gasteiger partial charge in [0.05, 0.1) is 0 Å². The van der Waals surface area contributed by atoms with Crippen LogP contribution in [0.3, 0.4) is 0 Å². The molecule has 3 rings (SSSR count). The van der Waals surface area contributed by atoms with Crippen molar-refractivity contribution in [2.75, 3.05) is 0 Å². The van der Waals surface area contributed by atoms with Crippen LogP contribution in [0.15, 0.2) is 83.8 Å². The summed E-state index contributed by atoms with van der Waals surface area (Å²) in [6.45, 7) is 0. The Kier molecular flexibility index (Phi) is 5.05. The molecule has 3 aromatic carbocycles. The van der Waals surface area contributed by atoms with Gasteiger partial charge in [0, 0.05) is 16.7 Å². The van der Waals surface area contributed by atoms with Crippen LogP contribution in [0.2, 0.25) is 0 Å². The molecule has 3 aromatic rings. The Morgan fingerprint density at radius 1 is 0.704 bits per heavy atom. The SMILES string of the molecule is NC(=O)c1ccc(S(=O)(=O)Oc2ccc(C(=O)c3ccccc3)cc2)cc1. The lowest BCUT2D eigenvalue weighted by Gasteiger charge is -2.08. The van der Waals surface area contributed by atoms with Crippen molar-refractivity contribution >= 4 is 21.8 Å². The molecule has 0 saturated carbocycles. The number of carbonyl (C=O) groups excluding carboxylic acids is 2. The van der Waals surface area contributed by atoms with E-state index in [1.807, 2.05) is 6.07 Å². The van der Waals surface area contributed by atoms with Crippen molar-refractivity contribution in [2.45, 2.75) is 4.90 Å². The first-order valence-electron chi connectivity index (χ1n) is 7.91. The van der Waals surface area contributed by atoms with Gasteiger partial charge >= 0.3 is 10.1 Å². The fraction of sp³-hybridized carbons (Fsp3) is 0. The van der Waals surface area contributed by atoms with Gasteiger partial charge in [-0.25, -0.2) is 0 Å². The standard InChI is InChI=1S/C20H15NO5S/c21-20(23)16-8-12-18(13-9-16)27(24,25)26-17-10-6-15(7-11-17)19(22)14-4-2-1-3-5-14/h1-13H,(H2,21,23). The highest BCUT2D eigenvalue weighted by atomic mass is 32.2. The number of hydrogen-bond donors (Lipinski definition) is 1. The maximum Gasteiger partial charge on any atom is 0.339 e. The number of ketones is 1. The van der Waals surface area contributed by atoms with Crippen molar-refractivity contribution in [1.82, 2.24) is 0 Å². The third kappa shape index (κ3) is 4.21. The summed E-state index contributed by atoms with van der Waals surface area (Å²) in [4.78, 5) is 23.3. The molecule has 0 heterocycles. The largest absolute Gasteiger partial charge is 0.379 e. The number of amides is 1. The molecule has 6 nitrogen and oxygen atoms in total. The highest BCUT2D eigenvalue weighted by Gasteiger charge is 2.17. The summed E-state index contributed by atoms with van der Waals surface area (Å²) >= 11 is 0. The van der Waals surface area contributed by atoms with Crippen molar-refractivity contribution in [3.8, 4) is 5.75 Å². The molecule has 0 aliphatic heterocycles. The molecule has 0 atom stereocenters. The lowest BCUT2D eigenvalue weighted by molar-refractivity contribution is 0.0998. The molecule has 0 fully saturated rings. The van der Waals surface area contributed by atoms with E-state index in [0.717, 1.165) is 0 Å². The van der Waals surface area contributed by atoms with Gasteiger partial charge in [-0.05, 0) is 48.5 Å². The van der Waals surface area contributed by atoms with Crippen LogP contribution < -0.4 is 9.92 Å². The van der Waals surface area contributed by atoms with E-state index in [1.165, 1.54) is 48.5 Å². The van der Waals surface area contributed by atoms with Crippen molar-refractivity contribution in [3.05, 3.63) is 95.6 Å². The van der Waals surface area contributed by atoms with E-state index in [2.05, 4.69) is 0 Å². The Morgan fingerprint density at radius 3 is 1.78 bits per heavy atom. The molecule has 0 aliphatic rings. The zero-order valence-electron chi connectivity index (χ0n) is 14.0. The molecule has 0 spiro atoms. The van der Waals surface area contributed by atoms with Crippen LogP contribution in [0, 0.1) is 0 Å². The number of benzene rings is 3. The fourth-order valence-electron chi connectivity index (χ4n) is 2.38. The van der Waals surface area contributed by atoms with E-state index in [9.17, 15) is 18.0 Å². The molecule has 1 amide bonds. The lowest BCUT2D eigenvalue weighted by atomic mass is 10.0. The van der Waals surface area contributed by atoms with Crippen LogP contribution in [0.1, 0.15) is 26.3 Å². The second kappa shape index (κ2) is 7.43. The van der Waals surface area contributed by atoms with Crippen molar-refractivity contribution in [2.24, 2.45) is 5.73 Å². The predicted molar refractivity (Wildman–Crippen MR) is 99.1 cm³/mol. The summed E-state index contributed by atoms with van der Waals surface area (Å²) in [5, 5.41) is 0. The number of carbonyl (C=O) groups is 2. The second-order valence-electron chi connectivity index (χ2n) is 5.65. The fourth-order valence-corrected chi connectivity index (χ4v) is 3.31. The smallest absolute Gasteiger partial charge is 0.339 e. The van der Waals surface area contributed by atoms with E-state index in [4.69, 9.17) is 9.92 Å².